The van der Waals surface area contributed by atoms with Gasteiger partial charge in [-0.1, -0.05) is 18.2 Å². The Morgan fingerprint density at radius 2 is 2.40 bits per heavy atom. The van der Waals surface area contributed by atoms with Crippen LogP contribution in [0.25, 0.3) is 0 Å². The van der Waals surface area contributed by atoms with Gasteiger partial charge < -0.3 is 5.32 Å². The number of tetrazole rings is 1. The van der Waals surface area contributed by atoms with Crippen LogP contribution < -0.4 is 5.32 Å². The van der Waals surface area contributed by atoms with E-state index in [-0.39, 0.29) is 11.9 Å². The highest BCUT2D eigenvalue weighted by Gasteiger charge is 2.13. The molecule has 1 rings (SSSR count). The summed E-state index contributed by atoms with van der Waals surface area (Å²) in [5.41, 5.74) is 0.702. The maximum absolute atomic E-state index is 11.6. The summed E-state index contributed by atoms with van der Waals surface area (Å²) >= 11 is 0. The van der Waals surface area contributed by atoms with Crippen LogP contribution in [0.1, 0.15) is 39.1 Å². The quantitative estimate of drug-likeness (QED) is 0.716. The number of hydrogen-bond donors (Lipinski definition) is 2. The van der Waals surface area contributed by atoms with Gasteiger partial charge in [-0.2, -0.15) is 5.21 Å². The Kier molecular flexibility index (Phi) is 3.96. The van der Waals surface area contributed by atoms with Crippen molar-refractivity contribution in [3.63, 3.8) is 0 Å². The number of aromatic amines is 1. The predicted molar refractivity (Wildman–Crippen MR) is 54.8 cm³/mol. The van der Waals surface area contributed by atoms with Crippen LogP contribution in [0.2, 0.25) is 0 Å². The summed E-state index contributed by atoms with van der Waals surface area (Å²) in [4.78, 5) is 11.6. The fourth-order valence-electron chi connectivity index (χ4n) is 1.13. The highest BCUT2D eigenvalue weighted by Crippen LogP contribution is 2.05. The lowest BCUT2D eigenvalue weighted by molar-refractivity contribution is -0.118. The molecule has 82 valence electrons. The number of hydrogen-bond acceptors (Lipinski definition) is 4. The Morgan fingerprint density at radius 1 is 1.67 bits per heavy atom. The Hall–Kier alpha value is -1.72. The van der Waals surface area contributed by atoms with Gasteiger partial charge >= 0.3 is 0 Å². The van der Waals surface area contributed by atoms with Gasteiger partial charge in [0.2, 0.25) is 5.91 Å². The molecule has 6 heteroatoms. The van der Waals surface area contributed by atoms with E-state index in [9.17, 15) is 4.79 Å². The molecule has 0 aliphatic carbocycles. The zero-order chi connectivity index (χ0) is 11.3. The van der Waals surface area contributed by atoms with Gasteiger partial charge in [0, 0.05) is 5.57 Å². The minimum atomic E-state index is -0.239. The molecule has 1 unspecified atom stereocenters. The molecule has 1 aromatic heterocycles. The van der Waals surface area contributed by atoms with Crippen LogP contribution in [0.3, 0.4) is 0 Å². The van der Waals surface area contributed by atoms with Crippen LogP contribution in [-0.4, -0.2) is 26.5 Å². The first kappa shape index (κ1) is 11.4. The second kappa shape index (κ2) is 5.23. The number of rotatable bonds is 4. The lowest BCUT2D eigenvalue weighted by Gasteiger charge is -2.09. The predicted octanol–water partition coefficient (Wildman–Crippen LogP) is 0.733. The van der Waals surface area contributed by atoms with Gasteiger partial charge in [-0.25, -0.2) is 0 Å². The lowest BCUT2D eigenvalue weighted by atomic mass is 10.2. The first-order chi connectivity index (χ1) is 7.15. The summed E-state index contributed by atoms with van der Waals surface area (Å²) < 4.78 is 0. The van der Waals surface area contributed by atoms with Crippen molar-refractivity contribution in [1.29, 1.82) is 0 Å². The van der Waals surface area contributed by atoms with Crippen molar-refractivity contribution in [3.05, 3.63) is 17.5 Å². The fraction of sp³-hybridized carbons (Fsp3) is 0.556. The number of H-pyrrole nitrogens is 1. The van der Waals surface area contributed by atoms with Crippen molar-refractivity contribution in [2.45, 2.75) is 33.2 Å². The van der Waals surface area contributed by atoms with Gasteiger partial charge in [-0.15, -0.1) is 10.2 Å². The average molecular weight is 209 g/mol. The van der Waals surface area contributed by atoms with Crippen LogP contribution in [0.5, 0.6) is 0 Å². The topological polar surface area (TPSA) is 83.6 Å². The summed E-state index contributed by atoms with van der Waals surface area (Å²) in [5, 5.41) is 16.1. The van der Waals surface area contributed by atoms with E-state index >= 15 is 0 Å². The first-order valence-corrected chi connectivity index (χ1v) is 4.86. The second-order valence-corrected chi connectivity index (χ2v) is 3.26. The number of amides is 1. The highest BCUT2D eigenvalue weighted by atomic mass is 16.1. The zero-order valence-electron chi connectivity index (χ0n) is 9.11. The molecule has 0 aliphatic rings. The molecule has 1 atom stereocenters. The molecule has 2 N–H and O–H groups in total. The third-order valence-electron chi connectivity index (χ3n) is 1.97. The minimum absolute atomic E-state index is 0.103. The second-order valence-electron chi connectivity index (χ2n) is 3.26. The number of carbonyl (C=O) groups is 1. The number of aromatic nitrogens is 4. The Balaban J connectivity index is 2.56. The van der Waals surface area contributed by atoms with Gasteiger partial charge in [-0.3, -0.25) is 4.79 Å². The molecule has 0 saturated heterocycles. The molecular weight excluding hydrogens is 194 g/mol. The summed E-state index contributed by atoms with van der Waals surface area (Å²) in [6, 6.07) is -0.239. The Morgan fingerprint density at radius 3 is 2.93 bits per heavy atom. The normalized spacial score (nSPS) is 13.7. The Labute approximate surface area is 88.1 Å². The molecule has 1 heterocycles. The molecule has 0 aromatic carbocycles. The molecule has 1 amide bonds. The number of allylic oxidation sites excluding steroid dienone is 1. The van der Waals surface area contributed by atoms with E-state index < -0.39 is 0 Å². The van der Waals surface area contributed by atoms with Gasteiger partial charge in [0.15, 0.2) is 5.82 Å². The van der Waals surface area contributed by atoms with E-state index in [1.54, 1.807) is 6.92 Å². The van der Waals surface area contributed by atoms with Gasteiger partial charge in [0.05, 0.1) is 6.04 Å². The van der Waals surface area contributed by atoms with Gasteiger partial charge in [0.1, 0.15) is 0 Å². The van der Waals surface area contributed by atoms with Crippen molar-refractivity contribution in [1.82, 2.24) is 25.9 Å². The van der Waals surface area contributed by atoms with E-state index in [1.165, 1.54) is 0 Å². The summed E-state index contributed by atoms with van der Waals surface area (Å²) in [7, 11) is 0. The maximum Gasteiger partial charge on any atom is 0.247 e. The molecular formula is C9H15N5O. The first-order valence-electron chi connectivity index (χ1n) is 4.86. The minimum Gasteiger partial charge on any atom is -0.342 e. The van der Waals surface area contributed by atoms with E-state index in [4.69, 9.17) is 0 Å². The summed E-state index contributed by atoms with van der Waals surface area (Å²) in [6.07, 6.45) is 2.72. The number of carbonyl (C=O) groups excluding carboxylic acids is 1. The van der Waals surface area contributed by atoms with Gasteiger partial charge in [0.25, 0.3) is 0 Å². The van der Waals surface area contributed by atoms with E-state index in [0.717, 1.165) is 6.42 Å². The van der Waals surface area contributed by atoms with Crippen LogP contribution in [0.4, 0.5) is 0 Å². The third-order valence-corrected chi connectivity index (χ3v) is 1.97. The van der Waals surface area contributed by atoms with Crippen molar-refractivity contribution >= 4 is 5.91 Å². The molecule has 0 bridgehead atoms. The van der Waals surface area contributed by atoms with Crippen molar-refractivity contribution < 1.29 is 4.79 Å². The van der Waals surface area contributed by atoms with E-state index in [1.807, 2.05) is 19.9 Å². The smallest absolute Gasteiger partial charge is 0.247 e. The highest BCUT2D eigenvalue weighted by molar-refractivity contribution is 5.92. The molecule has 0 saturated carbocycles. The van der Waals surface area contributed by atoms with Crippen molar-refractivity contribution in [2.75, 3.05) is 0 Å². The number of nitrogens with one attached hydrogen (secondary N) is 2. The molecule has 0 aliphatic heterocycles. The molecule has 0 fully saturated rings. The lowest BCUT2D eigenvalue weighted by Crippen LogP contribution is -2.28. The Bertz CT molecular complexity index is 343. The van der Waals surface area contributed by atoms with Crippen LogP contribution in [0.15, 0.2) is 11.6 Å². The zero-order valence-corrected chi connectivity index (χ0v) is 9.11. The van der Waals surface area contributed by atoms with E-state index in [2.05, 4.69) is 25.9 Å². The van der Waals surface area contributed by atoms with Crippen molar-refractivity contribution in [2.24, 2.45) is 0 Å². The monoisotopic (exact) mass is 209 g/mol. The van der Waals surface area contributed by atoms with Gasteiger partial charge in [-0.05, 0) is 20.3 Å². The van der Waals surface area contributed by atoms with Crippen molar-refractivity contribution in [3.8, 4) is 0 Å². The van der Waals surface area contributed by atoms with Crippen LogP contribution in [0, 0.1) is 0 Å². The van der Waals surface area contributed by atoms with Crippen LogP contribution in [-0.2, 0) is 4.79 Å². The summed E-state index contributed by atoms with van der Waals surface area (Å²) in [5.74, 6) is 0.377. The SMILES string of the molecule is CCC=C(C)C(=O)NC(C)c1nn[nH]n1. The number of nitrogens with zero attached hydrogens (tertiary/aromatic N) is 3. The van der Waals surface area contributed by atoms with E-state index in [0.29, 0.717) is 11.4 Å². The summed E-state index contributed by atoms with van der Waals surface area (Å²) in [6.45, 7) is 5.57. The van der Waals surface area contributed by atoms with Crippen LogP contribution >= 0.6 is 0 Å². The molecule has 0 radical (unpaired) electrons. The maximum atomic E-state index is 11.6. The standard InChI is InChI=1S/C9H15N5O/c1-4-5-6(2)9(15)10-7(3)8-11-13-14-12-8/h5,7H,4H2,1-3H3,(H,10,15)(H,11,12,13,14). The average Bonchev–Trinajstić information content (AvgIpc) is 2.70. The largest absolute Gasteiger partial charge is 0.342 e. The molecule has 1 aromatic rings. The molecule has 6 nitrogen and oxygen atoms in total. The fourth-order valence-corrected chi connectivity index (χ4v) is 1.13. The molecule has 15 heavy (non-hydrogen) atoms. The molecule has 0 spiro atoms. The third kappa shape index (κ3) is 3.16.